The Morgan fingerprint density at radius 1 is 1.22 bits per heavy atom. The summed E-state index contributed by atoms with van der Waals surface area (Å²) in [5.74, 6) is 0. The molecule has 0 saturated carbocycles. The van der Waals surface area contributed by atoms with Crippen LogP contribution >= 0.6 is 0 Å². The number of nitrogens with one attached hydrogen (secondary N) is 1. The van der Waals surface area contributed by atoms with Crippen LogP contribution in [-0.2, 0) is 0 Å². The van der Waals surface area contributed by atoms with Crippen molar-refractivity contribution in [2.24, 2.45) is 0 Å². The first-order valence-electron chi connectivity index (χ1n) is 7.83. The summed E-state index contributed by atoms with van der Waals surface area (Å²) in [6, 6.07) is 2.45. The van der Waals surface area contributed by atoms with Crippen LogP contribution < -0.4 is 5.32 Å². The zero-order valence-electron chi connectivity index (χ0n) is 12.4. The van der Waals surface area contributed by atoms with Crippen molar-refractivity contribution in [3.8, 4) is 0 Å². The predicted molar refractivity (Wildman–Crippen MR) is 78.9 cm³/mol. The van der Waals surface area contributed by atoms with E-state index in [-0.39, 0.29) is 0 Å². The third-order valence-corrected chi connectivity index (χ3v) is 4.52. The highest BCUT2D eigenvalue weighted by Gasteiger charge is 2.37. The number of piperidine rings is 2. The lowest BCUT2D eigenvalue weighted by Crippen LogP contribution is -2.56. The molecule has 2 nitrogen and oxygen atoms in total. The molecule has 2 heterocycles. The molecule has 2 aliphatic heterocycles. The van der Waals surface area contributed by atoms with Crippen LogP contribution in [0, 0.1) is 0 Å². The predicted octanol–water partition coefficient (Wildman–Crippen LogP) is 3.34. The van der Waals surface area contributed by atoms with E-state index < -0.39 is 0 Å². The van der Waals surface area contributed by atoms with E-state index in [9.17, 15) is 0 Å². The van der Waals surface area contributed by atoms with Crippen molar-refractivity contribution >= 4 is 0 Å². The molecule has 0 amide bonds. The average molecular weight is 250 g/mol. The van der Waals surface area contributed by atoms with Crippen LogP contribution in [0.15, 0.2) is 11.6 Å². The first-order valence-corrected chi connectivity index (χ1v) is 7.83. The summed E-state index contributed by atoms with van der Waals surface area (Å²) in [6.45, 7) is 9.06. The molecule has 2 unspecified atom stereocenters. The fourth-order valence-corrected chi connectivity index (χ4v) is 3.58. The van der Waals surface area contributed by atoms with Crippen LogP contribution in [0.5, 0.6) is 0 Å². The second kappa shape index (κ2) is 6.72. The highest BCUT2D eigenvalue weighted by Crippen LogP contribution is 2.33. The Bertz CT molecular complexity index is 267. The third-order valence-electron chi connectivity index (χ3n) is 4.52. The van der Waals surface area contributed by atoms with Gasteiger partial charge in [-0.2, -0.15) is 0 Å². The Hall–Kier alpha value is -0.340. The van der Waals surface area contributed by atoms with E-state index in [0.29, 0.717) is 0 Å². The molecule has 0 aliphatic carbocycles. The molecule has 0 aromatic heterocycles. The van der Waals surface area contributed by atoms with Gasteiger partial charge >= 0.3 is 0 Å². The summed E-state index contributed by atoms with van der Waals surface area (Å²) in [7, 11) is 0. The summed E-state index contributed by atoms with van der Waals surface area (Å²) in [6.07, 6.45) is 10.7. The third kappa shape index (κ3) is 3.58. The van der Waals surface area contributed by atoms with Crippen LogP contribution in [-0.4, -0.2) is 36.1 Å². The van der Waals surface area contributed by atoms with E-state index in [1.165, 1.54) is 57.2 Å². The summed E-state index contributed by atoms with van der Waals surface area (Å²) in [5.41, 5.74) is 1.46. The maximum absolute atomic E-state index is 3.74. The van der Waals surface area contributed by atoms with Crippen molar-refractivity contribution in [3.63, 3.8) is 0 Å². The van der Waals surface area contributed by atoms with Crippen LogP contribution in [0.2, 0.25) is 0 Å². The zero-order valence-corrected chi connectivity index (χ0v) is 12.4. The molecule has 2 aliphatic rings. The Morgan fingerprint density at radius 2 is 1.89 bits per heavy atom. The smallest absolute Gasteiger partial charge is 0.0171 e. The highest BCUT2D eigenvalue weighted by atomic mass is 15.2. The normalized spacial score (nSPS) is 32.3. The van der Waals surface area contributed by atoms with E-state index in [1.807, 2.05) is 0 Å². The number of rotatable bonds is 5. The van der Waals surface area contributed by atoms with E-state index >= 15 is 0 Å². The van der Waals surface area contributed by atoms with E-state index in [2.05, 4.69) is 37.1 Å². The largest absolute Gasteiger partial charge is 0.314 e. The fraction of sp³-hybridized carbons (Fsp3) is 0.875. The minimum atomic E-state index is 0.781. The second-order valence-electron chi connectivity index (χ2n) is 6.34. The molecular formula is C16H30N2. The summed E-state index contributed by atoms with van der Waals surface area (Å²) in [4.78, 5) is 2.78. The number of allylic oxidation sites excluding steroid dienone is 1. The molecule has 2 saturated heterocycles. The Balaban J connectivity index is 1.92. The van der Waals surface area contributed by atoms with Gasteiger partial charge in [0, 0.05) is 24.7 Å². The second-order valence-corrected chi connectivity index (χ2v) is 6.34. The van der Waals surface area contributed by atoms with Gasteiger partial charge in [-0.1, -0.05) is 25.0 Å². The van der Waals surface area contributed by atoms with Crippen LogP contribution in [0.3, 0.4) is 0 Å². The molecule has 2 rings (SSSR count). The highest BCUT2D eigenvalue weighted by molar-refractivity contribution is 5.01. The van der Waals surface area contributed by atoms with Gasteiger partial charge in [-0.25, -0.2) is 0 Å². The van der Waals surface area contributed by atoms with Gasteiger partial charge in [0.05, 0.1) is 0 Å². The average Bonchev–Trinajstić information content (AvgIpc) is 2.33. The lowest BCUT2D eigenvalue weighted by Gasteiger charge is -2.49. The van der Waals surface area contributed by atoms with E-state index in [0.717, 1.165) is 18.1 Å². The molecule has 1 N–H and O–H groups in total. The van der Waals surface area contributed by atoms with Gasteiger partial charge in [0.15, 0.2) is 0 Å². The molecule has 0 aromatic rings. The van der Waals surface area contributed by atoms with Gasteiger partial charge in [0.2, 0.25) is 0 Å². The lowest BCUT2D eigenvalue weighted by atomic mass is 9.81. The van der Waals surface area contributed by atoms with Crippen molar-refractivity contribution in [1.82, 2.24) is 10.2 Å². The molecule has 0 radical (unpaired) electrons. The van der Waals surface area contributed by atoms with Gasteiger partial charge < -0.3 is 5.32 Å². The Morgan fingerprint density at radius 3 is 2.44 bits per heavy atom. The van der Waals surface area contributed by atoms with Crippen LogP contribution in [0.4, 0.5) is 0 Å². The molecule has 18 heavy (non-hydrogen) atoms. The molecule has 2 bridgehead atoms. The van der Waals surface area contributed by atoms with E-state index in [1.54, 1.807) is 0 Å². The molecule has 0 spiro atoms. The van der Waals surface area contributed by atoms with Gasteiger partial charge in [-0.3, -0.25) is 4.90 Å². The number of nitrogens with zero attached hydrogens (tertiary/aromatic N) is 1. The monoisotopic (exact) mass is 250 g/mol. The van der Waals surface area contributed by atoms with Crippen molar-refractivity contribution in [2.75, 3.05) is 13.1 Å². The van der Waals surface area contributed by atoms with Crippen LogP contribution in [0.1, 0.15) is 59.3 Å². The number of fused-ring (bicyclic) bond motifs is 2. The molecule has 2 heteroatoms. The molecule has 2 atom stereocenters. The number of hydrogen-bond acceptors (Lipinski definition) is 2. The van der Waals surface area contributed by atoms with Gasteiger partial charge in [0.1, 0.15) is 0 Å². The number of hydrogen-bond donors (Lipinski definition) is 1. The van der Waals surface area contributed by atoms with Crippen molar-refractivity contribution in [2.45, 2.75) is 77.4 Å². The standard InChI is InChI=1S/C16H30N2/c1-4-9-17-14-11-15-6-5-7-16(12-14)18(15)10-8-13(2)3/h8,14-17H,4-7,9-12H2,1-3H3. The van der Waals surface area contributed by atoms with Gasteiger partial charge in [-0.15, -0.1) is 0 Å². The maximum Gasteiger partial charge on any atom is 0.0171 e. The molecule has 2 fully saturated rings. The molecule has 0 aromatic carbocycles. The van der Waals surface area contributed by atoms with Crippen LogP contribution in [0.25, 0.3) is 0 Å². The summed E-state index contributed by atoms with van der Waals surface area (Å²) in [5, 5.41) is 3.74. The minimum absolute atomic E-state index is 0.781. The minimum Gasteiger partial charge on any atom is -0.314 e. The maximum atomic E-state index is 3.74. The van der Waals surface area contributed by atoms with Crippen molar-refractivity contribution in [1.29, 1.82) is 0 Å². The Kier molecular flexibility index (Phi) is 5.25. The quantitative estimate of drug-likeness (QED) is 0.753. The first-order chi connectivity index (χ1) is 8.70. The topological polar surface area (TPSA) is 15.3 Å². The van der Waals surface area contributed by atoms with Crippen molar-refractivity contribution < 1.29 is 0 Å². The van der Waals surface area contributed by atoms with E-state index in [4.69, 9.17) is 0 Å². The molecule has 104 valence electrons. The van der Waals surface area contributed by atoms with Gasteiger partial charge in [0.25, 0.3) is 0 Å². The summed E-state index contributed by atoms with van der Waals surface area (Å²) >= 11 is 0. The lowest BCUT2D eigenvalue weighted by molar-refractivity contribution is 0.0349. The fourth-order valence-electron chi connectivity index (χ4n) is 3.58. The molecular weight excluding hydrogens is 220 g/mol. The van der Waals surface area contributed by atoms with Crippen molar-refractivity contribution in [3.05, 3.63) is 11.6 Å². The summed E-state index contributed by atoms with van der Waals surface area (Å²) < 4.78 is 0. The zero-order chi connectivity index (χ0) is 13.0. The SMILES string of the molecule is CCCNC1CC2CCCC(C1)N2CC=C(C)C. The Labute approximate surface area is 113 Å². The van der Waals surface area contributed by atoms with Gasteiger partial charge in [-0.05, 0) is 52.5 Å². The first kappa shape index (κ1) is 14.1.